The van der Waals surface area contributed by atoms with Crippen LogP contribution in [0, 0.1) is 0 Å². The molecule has 3 aromatic carbocycles. The minimum atomic E-state index is 0.243. The molecule has 0 spiro atoms. The van der Waals surface area contributed by atoms with Gasteiger partial charge in [-0.15, -0.1) is 0 Å². The molecule has 0 saturated carbocycles. The first kappa shape index (κ1) is 15.0. The molecular weight excluding hydrogens is 302 g/mol. The molecule has 0 aliphatic heterocycles. The Morgan fingerprint density at radius 1 is 0.720 bits per heavy atom. The fraction of sp³-hybridized carbons (Fsp3) is 0.333. The molecule has 1 aliphatic rings. The number of benzene rings is 3. The second kappa shape index (κ2) is 4.66. The van der Waals surface area contributed by atoms with E-state index in [2.05, 4.69) is 81.2 Å². The van der Waals surface area contributed by atoms with Gasteiger partial charge in [0.25, 0.3) is 0 Å². The number of hydrogen-bond acceptors (Lipinski definition) is 0. The number of fused-ring (bicyclic) bond motifs is 6. The fourth-order valence-corrected chi connectivity index (χ4v) is 4.74. The molecule has 1 heterocycles. The highest BCUT2D eigenvalue weighted by molar-refractivity contribution is 6.20. The van der Waals surface area contributed by atoms with E-state index in [1.54, 1.807) is 0 Å². The van der Waals surface area contributed by atoms with Gasteiger partial charge in [-0.05, 0) is 63.8 Å². The molecule has 0 bridgehead atoms. The van der Waals surface area contributed by atoms with Crippen molar-refractivity contribution in [1.82, 2.24) is 4.98 Å². The fourth-order valence-electron chi connectivity index (χ4n) is 4.74. The van der Waals surface area contributed by atoms with Crippen LogP contribution < -0.4 is 0 Å². The van der Waals surface area contributed by atoms with Gasteiger partial charge in [-0.2, -0.15) is 0 Å². The monoisotopic (exact) mass is 327 g/mol. The zero-order chi connectivity index (χ0) is 17.4. The molecular formula is C24H25N. The van der Waals surface area contributed by atoms with Crippen LogP contribution in [-0.4, -0.2) is 4.98 Å². The van der Waals surface area contributed by atoms with Crippen molar-refractivity contribution in [2.24, 2.45) is 0 Å². The van der Waals surface area contributed by atoms with Crippen molar-refractivity contribution in [3.8, 4) is 0 Å². The molecule has 0 atom stereocenters. The Morgan fingerprint density at radius 2 is 1.40 bits per heavy atom. The molecule has 0 saturated heterocycles. The molecule has 1 nitrogen and oxygen atoms in total. The minimum absolute atomic E-state index is 0.243. The van der Waals surface area contributed by atoms with Gasteiger partial charge in [0, 0.05) is 21.8 Å². The van der Waals surface area contributed by atoms with Crippen LogP contribution in [-0.2, 0) is 10.8 Å². The van der Waals surface area contributed by atoms with E-state index in [1.807, 2.05) is 0 Å². The molecule has 1 aromatic heterocycles. The summed E-state index contributed by atoms with van der Waals surface area (Å²) in [4.78, 5) is 3.69. The lowest BCUT2D eigenvalue weighted by molar-refractivity contribution is 0.332. The van der Waals surface area contributed by atoms with Crippen LogP contribution in [0.2, 0.25) is 0 Å². The van der Waals surface area contributed by atoms with Gasteiger partial charge in [0.05, 0.1) is 0 Å². The highest BCUT2D eigenvalue weighted by Gasteiger charge is 2.37. The third kappa shape index (κ3) is 2.02. The molecule has 0 unspecified atom stereocenters. The van der Waals surface area contributed by atoms with E-state index in [0.29, 0.717) is 0 Å². The summed E-state index contributed by atoms with van der Waals surface area (Å²) in [6.07, 6.45) is 2.50. The van der Waals surface area contributed by atoms with Crippen molar-refractivity contribution < 1.29 is 0 Å². The summed E-state index contributed by atoms with van der Waals surface area (Å²) in [7, 11) is 0. The molecule has 1 N–H and O–H groups in total. The number of hydrogen-bond donors (Lipinski definition) is 1. The lowest BCUT2D eigenvalue weighted by Crippen LogP contribution is -2.33. The topological polar surface area (TPSA) is 15.8 Å². The molecule has 4 aromatic rings. The van der Waals surface area contributed by atoms with Crippen molar-refractivity contribution >= 4 is 32.6 Å². The van der Waals surface area contributed by atoms with Crippen LogP contribution >= 0.6 is 0 Å². The van der Waals surface area contributed by atoms with Crippen molar-refractivity contribution in [2.45, 2.75) is 51.4 Å². The molecule has 1 heteroatoms. The summed E-state index contributed by atoms with van der Waals surface area (Å²) in [5.74, 6) is 0. The zero-order valence-electron chi connectivity index (χ0n) is 15.5. The van der Waals surface area contributed by atoms with Crippen LogP contribution in [0.1, 0.15) is 51.7 Å². The smallest absolute Gasteiger partial charge is 0.0471 e. The number of rotatable bonds is 0. The van der Waals surface area contributed by atoms with Gasteiger partial charge in [0.15, 0.2) is 0 Å². The van der Waals surface area contributed by atoms with Gasteiger partial charge < -0.3 is 4.98 Å². The van der Waals surface area contributed by atoms with E-state index < -0.39 is 0 Å². The summed E-state index contributed by atoms with van der Waals surface area (Å²) in [5, 5.41) is 5.40. The normalized spacial score (nSPS) is 18.7. The lowest BCUT2D eigenvalue weighted by atomic mass is 9.63. The molecule has 25 heavy (non-hydrogen) atoms. The highest BCUT2D eigenvalue weighted by atomic mass is 14.7. The van der Waals surface area contributed by atoms with Crippen molar-refractivity contribution in [3.63, 3.8) is 0 Å². The average molecular weight is 327 g/mol. The number of H-pyrrole nitrogens is 1. The zero-order valence-corrected chi connectivity index (χ0v) is 15.5. The molecule has 126 valence electrons. The van der Waals surface area contributed by atoms with E-state index in [-0.39, 0.29) is 10.8 Å². The molecule has 5 rings (SSSR count). The lowest BCUT2D eigenvalue weighted by Gasteiger charge is -2.41. The van der Waals surface area contributed by atoms with E-state index in [0.717, 1.165) is 0 Å². The Balaban J connectivity index is 1.96. The number of aromatic amines is 1. The summed E-state index contributed by atoms with van der Waals surface area (Å²) in [6, 6.07) is 18.1. The predicted molar refractivity (Wildman–Crippen MR) is 109 cm³/mol. The number of aromatic nitrogens is 1. The Morgan fingerprint density at radius 3 is 2.16 bits per heavy atom. The van der Waals surface area contributed by atoms with Crippen LogP contribution in [0.4, 0.5) is 0 Å². The summed E-state index contributed by atoms with van der Waals surface area (Å²) >= 11 is 0. The largest absolute Gasteiger partial charge is 0.354 e. The van der Waals surface area contributed by atoms with E-state index in [9.17, 15) is 0 Å². The maximum atomic E-state index is 3.69. The van der Waals surface area contributed by atoms with Crippen LogP contribution in [0.3, 0.4) is 0 Å². The summed E-state index contributed by atoms with van der Waals surface area (Å²) < 4.78 is 0. The predicted octanol–water partition coefficient (Wildman–Crippen LogP) is 6.82. The van der Waals surface area contributed by atoms with Crippen molar-refractivity contribution in [1.29, 1.82) is 0 Å². The quantitative estimate of drug-likeness (QED) is 0.364. The van der Waals surface area contributed by atoms with Crippen molar-refractivity contribution in [3.05, 3.63) is 59.7 Å². The summed E-state index contributed by atoms with van der Waals surface area (Å²) in [6.45, 7) is 9.59. The maximum absolute atomic E-state index is 3.69. The first-order valence-corrected chi connectivity index (χ1v) is 9.35. The minimum Gasteiger partial charge on any atom is -0.354 e. The van der Waals surface area contributed by atoms with Gasteiger partial charge in [-0.1, -0.05) is 58.0 Å². The molecule has 0 fully saturated rings. The second-order valence-corrected chi connectivity index (χ2v) is 9.05. The van der Waals surface area contributed by atoms with E-state index >= 15 is 0 Å². The first-order valence-electron chi connectivity index (χ1n) is 9.35. The highest BCUT2D eigenvalue weighted by Crippen LogP contribution is 2.48. The molecule has 0 radical (unpaired) electrons. The SMILES string of the molecule is CC1(C)CCC(C)(C)c2cc3c(cc21)[nH]c1ccc2ccccc2c13. The Kier molecular flexibility index (Phi) is 2.80. The number of nitrogens with one attached hydrogen (secondary N) is 1. The van der Waals surface area contributed by atoms with Crippen LogP contribution in [0.5, 0.6) is 0 Å². The Bertz CT molecular complexity index is 1140. The van der Waals surface area contributed by atoms with Gasteiger partial charge in [0.1, 0.15) is 0 Å². The van der Waals surface area contributed by atoms with Crippen molar-refractivity contribution in [2.75, 3.05) is 0 Å². The third-order valence-corrected chi connectivity index (χ3v) is 6.46. The van der Waals surface area contributed by atoms with E-state index in [1.165, 1.54) is 56.5 Å². The van der Waals surface area contributed by atoms with Gasteiger partial charge in [0.2, 0.25) is 0 Å². The third-order valence-electron chi connectivity index (χ3n) is 6.46. The van der Waals surface area contributed by atoms with Crippen LogP contribution in [0.25, 0.3) is 32.6 Å². The average Bonchev–Trinajstić information content (AvgIpc) is 2.96. The van der Waals surface area contributed by atoms with Gasteiger partial charge >= 0.3 is 0 Å². The first-order chi connectivity index (χ1) is 11.9. The molecule has 1 aliphatic carbocycles. The second-order valence-electron chi connectivity index (χ2n) is 9.05. The Labute approximate surface area is 149 Å². The van der Waals surface area contributed by atoms with Gasteiger partial charge in [-0.25, -0.2) is 0 Å². The van der Waals surface area contributed by atoms with Crippen LogP contribution in [0.15, 0.2) is 48.5 Å². The van der Waals surface area contributed by atoms with E-state index in [4.69, 9.17) is 0 Å². The maximum Gasteiger partial charge on any atom is 0.0471 e. The van der Waals surface area contributed by atoms with Gasteiger partial charge in [-0.3, -0.25) is 0 Å². The Hall–Kier alpha value is -2.28. The standard InChI is InChI=1S/C24H25N/c1-23(2)11-12-24(3,4)19-14-21-17(13-18(19)23)22-16-8-6-5-7-15(16)9-10-20(22)25-21/h5-10,13-14,25H,11-12H2,1-4H3. The molecule has 0 amide bonds. The summed E-state index contributed by atoms with van der Waals surface area (Å²) in [5.41, 5.74) is 6.06.